The first-order valence-corrected chi connectivity index (χ1v) is 11.3. The van der Waals surface area contributed by atoms with Gasteiger partial charge in [-0.15, -0.1) is 0 Å². The monoisotopic (exact) mass is 526 g/mol. The lowest BCUT2D eigenvalue weighted by Gasteiger charge is -2.29. The Bertz CT molecular complexity index is 1010. The number of aliphatic hydroxyl groups excluding tert-OH is 1. The minimum Gasteiger partial charge on any atom is -0.387 e. The molecule has 0 spiro atoms. The van der Waals surface area contributed by atoms with Gasteiger partial charge in [0.1, 0.15) is 0 Å². The fraction of sp³-hybridized carbons (Fsp3) is 0.318. The Morgan fingerprint density at radius 2 is 1.86 bits per heavy atom. The van der Waals surface area contributed by atoms with E-state index in [1.807, 2.05) is 30.3 Å². The first kappa shape index (κ1) is 20.4. The SMILES string of the molecule is OC(CN1CCCCC1)c1cc(-c2cccc(I)c2)nc2c(Cl)cc(Cl)cc12. The van der Waals surface area contributed by atoms with Crippen LogP contribution in [0, 0.1) is 3.57 Å². The Kier molecular flexibility index (Phi) is 6.43. The van der Waals surface area contributed by atoms with Gasteiger partial charge in [0.2, 0.25) is 0 Å². The molecule has 1 saturated heterocycles. The summed E-state index contributed by atoms with van der Waals surface area (Å²) in [7, 11) is 0. The second-order valence-electron chi connectivity index (χ2n) is 7.27. The van der Waals surface area contributed by atoms with Gasteiger partial charge in [-0.3, -0.25) is 0 Å². The van der Waals surface area contributed by atoms with Crippen LogP contribution < -0.4 is 0 Å². The summed E-state index contributed by atoms with van der Waals surface area (Å²) in [6.07, 6.45) is 3.02. The highest BCUT2D eigenvalue weighted by molar-refractivity contribution is 14.1. The number of hydrogen-bond acceptors (Lipinski definition) is 3. The third-order valence-corrected chi connectivity index (χ3v) is 6.40. The Balaban J connectivity index is 1.82. The number of nitrogens with zero attached hydrogens (tertiary/aromatic N) is 2. The summed E-state index contributed by atoms with van der Waals surface area (Å²) in [5.41, 5.74) is 3.32. The van der Waals surface area contributed by atoms with Gasteiger partial charge in [-0.2, -0.15) is 0 Å². The molecule has 146 valence electrons. The molecule has 0 radical (unpaired) electrons. The van der Waals surface area contributed by atoms with Crippen LogP contribution in [0.5, 0.6) is 0 Å². The summed E-state index contributed by atoms with van der Waals surface area (Å²) < 4.78 is 1.13. The topological polar surface area (TPSA) is 36.4 Å². The van der Waals surface area contributed by atoms with Gasteiger partial charge in [-0.25, -0.2) is 4.98 Å². The molecule has 0 saturated carbocycles. The molecule has 1 fully saturated rings. The number of piperidine rings is 1. The fourth-order valence-electron chi connectivity index (χ4n) is 3.83. The molecular weight excluding hydrogens is 506 g/mol. The van der Waals surface area contributed by atoms with E-state index in [9.17, 15) is 5.11 Å². The van der Waals surface area contributed by atoms with E-state index < -0.39 is 6.10 Å². The van der Waals surface area contributed by atoms with Crippen molar-refractivity contribution in [2.75, 3.05) is 19.6 Å². The first-order chi connectivity index (χ1) is 13.5. The van der Waals surface area contributed by atoms with E-state index in [2.05, 4.69) is 33.6 Å². The van der Waals surface area contributed by atoms with Crippen LogP contribution in [0.4, 0.5) is 0 Å². The van der Waals surface area contributed by atoms with Crippen LogP contribution in [0.3, 0.4) is 0 Å². The Labute approximate surface area is 188 Å². The summed E-state index contributed by atoms with van der Waals surface area (Å²) in [4.78, 5) is 7.13. The maximum absolute atomic E-state index is 11.1. The van der Waals surface area contributed by atoms with Gasteiger partial charge in [0.05, 0.1) is 22.3 Å². The summed E-state index contributed by atoms with van der Waals surface area (Å²) >= 11 is 15.0. The maximum atomic E-state index is 11.1. The minimum atomic E-state index is -0.625. The normalized spacial score (nSPS) is 16.4. The second-order valence-corrected chi connectivity index (χ2v) is 9.36. The van der Waals surface area contributed by atoms with Gasteiger partial charge >= 0.3 is 0 Å². The van der Waals surface area contributed by atoms with Crippen molar-refractivity contribution in [3.05, 3.63) is 61.6 Å². The summed E-state index contributed by atoms with van der Waals surface area (Å²) in [5.74, 6) is 0. The molecule has 1 unspecified atom stereocenters. The smallest absolute Gasteiger partial charge is 0.0924 e. The predicted molar refractivity (Wildman–Crippen MR) is 125 cm³/mol. The second kappa shape index (κ2) is 8.84. The predicted octanol–water partition coefficient (Wildman–Crippen LogP) is 6.33. The third-order valence-electron chi connectivity index (χ3n) is 5.22. The van der Waals surface area contributed by atoms with E-state index >= 15 is 0 Å². The minimum absolute atomic E-state index is 0.501. The van der Waals surface area contributed by atoms with Crippen LogP contribution in [-0.4, -0.2) is 34.6 Å². The van der Waals surface area contributed by atoms with Crippen molar-refractivity contribution in [3.8, 4) is 11.3 Å². The van der Waals surface area contributed by atoms with Crippen LogP contribution in [0.1, 0.15) is 30.9 Å². The number of hydrogen-bond donors (Lipinski definition) is 1. The van der Waals surface area contributed by atoms with E-state index in [1.54, 1.807) is 6.07 Å². The molecule has 1 aromatic heterocycles. The number of aliphatic hydroxyl groups is 1. The molecule has 6 heteroatoms. The highest BCUT2D eigenvalue weighted by atomic mass is 127. The van der Waals surface area contributed by atoms with E-state index in [0.29, 0.717) is 22.1 Å². The third kappa shape index (κ3) is 4.46. The fourth-order valence-corrected chi connectivity index (χ4v) is 4.91. The van der Waals surface area contributed by atoms with E-state index in [0.717, 1.165) is 38.9 Å². The molecule has 3 nitrogen and oxygen atoms in total. The lowest BCUT2D eigenvalue weighted by Crippen LogP contribution is -2.33. The molecular formula is C22H21Cl2IN2O. The Hall–Kier alpha value is -0.920. The summed E-state index contributed by atoms with van der Waals surface area (Å²) in [5, 5.41) is 13.0. The molecule has 4 rings (SSSR count). The van der Waals surface area contributed by atoms with Gasteiger partial charge in [-0.05, 0) is 84.4 Å². The van der Waals surface area contributed by atoms with Gasteiger partial charge < -0.3 is 10.0 Å². The summed E-state index contributed by atoms with van der Waals surface area (Å²) in [6, 6.07) is 13.7. The number of benzene rings is 2. The first-order valence-electron chi connectivity index (χ1n) is 9.47. The highest BCUT2D eigenvalue weighted by Gasteiger charge is 2.20. The molecule has 2 heterocycles. The van der Waals surface area contributed by atoms with Gasteiger partial charge in [-0.1, -0.05) is 41.8 Å². The molecule has 1 aliphatic rings. The molecule has 28 heavy (non-hydrogen) atoms. The molecule has 0 aliphatic carbocycles. The van der Waals surface area contributed by atoms with Crippen molar-refractivity contribution in [3.63, 3.8) is 0 Å². The number of rotatable bonds is 4. The standard InChI is InChI=1S/C22H21Cl2IN2O/c23-15-10-18-17(21(28)13-27-7-2-1-3-8-27)12-20(26-22(18)19(24)11-15)14-5-4-6-16(25)9-14/h4-6,9-12,21,28H,1-3,7-8,13H2. The van der Waals surface area contributed by atoms with Gasteiger partial charge in [0.25, 0.3) is 0 Å². The Morgan fingerprint density at radius 3 is 2.61 bits per heavy atom. The van der Waals surface area contributed by atoms with Crippen LogP contribution in [0.15, 0.2) is 42.5 Å². The molecule has 1 aliphatic heterocycles. The highest BCUT2D eigenvalue weighted by Crippen LogP contribution is 2.35. The van der Waals surface area contributed by atoms with E-state index in [-0.39, 0.29) is 0 Å². The average molecular weight is 527 g/mol. The van der Waals surface area contributed by atoms with Crippen LogP contribution in [-0.2, 0) is 0 Å². The maximum Gasteiger partial charge on any atom is 0.0924 e. The van der Waals surface area contributed by atoms with Crippen molar-refractivity contribution in [2.45, 2.75) is 25.4 Å². The number of aromatic nitrogens is 1. The number of fused-ring (bicyclic) bond motifs is 1. The van der Waals surface area contributed by atoms with Crippen LogP contribution >= 0.6 is 45.8 Å². The quantitative estimate of drug-likeness (QED) is 0.403. The van der Waals surface area contributed by atoms with Crippen LogP contribution in [0.2, 0.25) is 10.0 Å². The van der Waals surface area contributed by atoms with Crippen LogP contribution in [0.25, 0.3) is 22.2 Å². The molecule has 1 N–H and O–H groups in total. The number of β-amino-alcohol motifs (C(OH)–C–C–N with tert-alkyl or cyclic N) is 1. The van der Waals surface area contributed by atoms with Crippen molar-refractivity contribution in [1.82, 2.24) is 9.88 Å². The molecule has 3 aromatic rings. The van der Waals surface area contributed by atoms with Crippen molar-refractivity contribution < 1.29 is 5.11 Å². The Morgan fingerprint density at radius 1 is 1.07 bits per heavy atom. The van der Waals surface area contributed by atoms with Gasteiger partial charge in [0.15, 0.2) is 0 Å². The zero-order chi connectivity index (χ0) is 19.7. The van der Waals surface area contributed by atoms with Gasteiger partial charge in [0, 0.05) is 26.1 Å². The number of pyridine rings is 1. The number of halogens is 3. The zero-order valence-electron chi connectivity index (χ0n) is 15.3. The lowest BCUT2D eigenvalue weighted by molar-refractivity contribution is 0.102. The largest absolute Gasteiger partial charge is 0.387 e. The number of likely N-dealkylation sites (tertiary alicyclic amines) is 1. The molecule has 0 bridgehead atoms. The molecule has 1 atom stereocenters. The zero-order valence-corrected chi connectivity index (χ0v) is 19.0. The van der Waals surface area contributed by atoms with Crippen molar-refractivity contribution in [2.24, 2.45) is 0 Å². The lowest BCUT2D eigenvalue weighted by atomic mass is 9.99. The molecule has 0 amide bonds. The van der Waals surface area contributed by atoms with E-state index in [4.69, 9.17) is 28.2 Å². The van der Waals surface area contributed by atoms with Crippen molar-refractivity contribution in [1.29, 1.82) is 0 Å². The molecule has 2 aromatic carbocycles. The van der Waals surface area contributed by atoms with E-state index in [1.165, 1.54) is 19.3 Å². The van der Waals surface area contributed by atoms with Crippen molar-refractivity contribution >= 4 is 56.7 Å². The summed E-state index contributed by atoms with van der Waals surface area (Å²) in [6.45, 7) is 2.67. The average Bonchev–Trinajstić information content (AvgIpc) is 2.68.